The van der Waals surface area contributed by atoms with E-state index in [4.69, 9.17) is 4.74 Å². The van der Waals surface area contributed by atoms with E-state index >= 15 is 0 Å². The summed E-state index contributed by atoms with van der Waals surface area (Å²) in [5.41, 5.74) is 0.356. The van der Waals surface area contributed by atoms with Crippen LogP contribution < -0.4 is 9.84 Å². The number of benzene rings is 2. The normalized spacial score (nSPS) is 14.8. The first-order chi connectivity index (χ1) is 11.0. The van der Waals surface area contributed by atoms with Gasteiger partial charge in [-0.15, -0.1) is 0 Å². The van der Waals surface area contributed by atoms with Crippen LogP contribution in [0.3, 0.4) is 0 Å². The van der Waals surface area contributed by atoms with E-state index in [-0.39, 0.29) is 22.8 Å². The minimum absolute atomic E-state index is 0.0553. The fraction of sp³-hybridized carbons (Fsp3) is 0.0625. The Balaban J connectivity index is 2.09. The molecule has 0 N–H and O–H groups in total. The van der Waals surface area contributed by atoms with Gasteiger partial charge in [-0.3, -0.25) is 14.9 Å². The summed E-state index contributed by atoms with van der Waals surface area (Å²) >= 11 is 1.24. The first kappa shape index (κ1) is 15.1. The lowest BCUT2D eigenvalue weighted by molar-refractivity contribution is -0.385. The largest absolute Gasteiger partial charge is 0.870 e. The van der Waals surface area contributed by atoms with Crippen LogP contribution in [-0.2, 0) is 0 Å². The van der Waals surface area contributed by atoms with Gasteiger partial charge in [0, 0.05) is 16.5 Å². The molecular formula is C16H10NO5S-. The monoisotopic (exact) mass is 328 g/mol. The topological polar surface area (TPSA) is 92.5 Å². The quantitative estimate of drug-likeness (QED) is 0.488. The van der Waals surface area contributed by atoms with Crippen molar-refractivity contribution in [1.29, 1.82) is 0 Å². The van der Waals surface area contributed by atoms with Crippen molar-refractivity contribution in [3.63, 3.8) is 0 Å². The minimum Gasteiger partial charge on any atom is -0.870 e. The predicted molar refractivity (Wildman–Crippen MR) is 83.7 cm³/mol. The van der Waals surface area contributed by atoms with Crippen molar-refractivity contribution in [2.45, 2.75) is 4.90 Å². The summed E-state index contributed by atoms with van der Waals surface area (Å²) < 4.78 is 4.89. The third-order valence-electron chi connectivity index (χ3n) is 3.36. The smallest absolute Gasteiger partial charge is 0.273 e. The van der Waals surface area contributed by atoms with Crippen LogP contribution in [0.15, 0.2) is 46.2 Å². The number of fused-ring (bicyclic) bond motifs is 1. The molecule has 0 unspecified atom stereocenters. The van der Waals surface area contributed by atoms with Gasteiger partial charge < -0.3 is 9.84 Å². The molecule has 0 saturated carbocycles. The highest BCUT2D eigenvalue weighted by molar-refractivity contribution is 8.04. The molecule has 0 atom stereocenters. The second kappa shape index (κ2) is 5.77. The van der Waals surface area contributed by atoms with Crippen molar-refractivity contribution in [2.75, 3.05) is 7.11 Å². The summed E-state index contributed by atoms with van der Waals surface area (Å²) in [6.07, 6.45) is 1.38. The van der Waals surface area contributed by atoms with Gasteiger partial charge in [0.2, 0.25) is 5.78 Å². The summed E-state index contributed by atoms with van der Waals surface area (Å²) in [5, 5.41) is 23.2. The van der Waals surface area contributed by atoms with Crippen molar-refractivity contribution >= 4 is 29.3 Å². The van der Waals surface area contributed by atoms with Crippen LogP contribution in [0.5, 0.6) is 11.5 Å². The van der Waals surface area contributed by atoms with Crippen molar-refractivity contribution < 1.29 is 19.6 Å². The summed E-state index contributed by atoms with van der Waals surface area (Å²) in [7, 11) is 1.27. The fourth-order valence-corrected chi connectivity index (χ4v) is 3.29. The molecule has 3 rings (SSSR count). The number of carbonyl (C=O) groups excluding carboxylic acids is 1. The molecule has 6 nitrogen and oxygen atoms in total. The minimum atomic E-state index is -0.609. The molecule has 0 saturated heterocycles. The number of methoxy groups -OCH3 is 1. The first-order valence-electron chi connectivity index (χ1n) is 6.58. The number of ketones is 1. The molecule has 0 radical (unpaired) electrons. The van der Waals surface area contributed by atoms with Gasteiger partial charge in [0.25, 0.3) is 5.69 Å². The molecule has 2 aromatic carbocycles. The zero-order valence-electron chi connectivity index (χ0n) is 11.9. The lowest BCUT2D eigenvalue weighted by Gasteiger charge is -2.15. The number of hydrogen-bond donors (Lipinski definition) is 0. The van der Waals surface area contributed by atoms with Crippen molar-refractivity contribution in [1.82, 2.24) is 0 Å². The number of ether oxygens (including phenoxy) is 1. The molecule has 23 heavy (non-hydrogen) atoms. The molecule has 116 valence electrons. The molecule has 0 aliphatic carbocycles. The van der Waals surface area contributed by atoms with Crippen molar-refractivity contribution in [3.05, 3.63) is 62.5 Å². The zero-order chi connectivity index (χ0) is 16.6. The predicted octanol–water partition coefficient (Wildman–Crippen LogP) is 3.01. The van der Waals surface area contributed by atoms with E-state index in [1.54, 1.807) is 12.1 Å². The van der Waals surface area contributed by atoms with E-state index in [1.807, 2.05) is 12.1 Å². The van der Waals surface area contributed by atoms with E-state index in [0.717, 1.165) is 17.0 Å². The average molecular weight is 328 g/mol. The van der Waals surface area contributed by atoms with E-state index in [1.165, 1.54) is 24.9 Å². The molecule has 0 aromatic heterocycles. The van der Waals surface area contributed by atoms with E-state index in [2.05, 4.69) is 0 Å². The molecule has 1 aliphatic rings. The van der Waals surface area contributed by atoms with E-state index in [9.17, 15) is 20.0 Å². The van der Waals surface area contributed by atoms with Gasteiger partial charge in [-0.2, -0.15) is 0 Å². The van der Waals surface area contributed by atoms with Gasteiger partial charge in [-0.25, -0.2) is 0 Å². The molecule has 0 bridgehead atoms. The number of allylic oxidation sites excluding steroid dienone is 1. The maximum absolute atomic E-state index is 12.3. The summed E-state index contributed by atoms with van der Waals surface area (Å²) in [6, 6.07) is 9.31. The highest BCUT2D eigenvalue weighted by Crippen LogP contribution is 2.42. The Morgan fingerprint density at radius 1 is 1.26 bits per heavy atom. The third-order valence-corrected chi connectivity index (χ3v) is 4.46. The lowest BCUT2D eigenvalue weighted by atomic mass is 10.1. The Kier molecular flexibility index (Phi) is 3.79. The number of rotatable bonds is 3. The van der Waals surface area contributed by atoms with Gasteiger partial charge in [0.05, 0.1) is 23.0 Å². The Morgan fingerprint density at radius 2 is 2.00 bits per heavy atom. The zero-order valence-corrected chi connectivity index (χ0v) is 12.8. The SMILES string of the molecule is COc1cc([N+](=O)[O-])cc(/C=C2\Sc3ccccc3C2=O)c1[O-]. The number of thioether (sulfide) groups is 1. The summed E-state index contributed by atoms with van der Waals surface area (Å²) in [6.45, 7) is 0. The van der Waals surface area contributed by atoms with E-state index < -0.39 is 10.7 Å². The van der Waals surface area contributed by atoms with E-state index in [0.29, 0.717) is 10.5 Å². The van der Waals surface area contributed by atoms with Gasteiger partial charge in [-0.1, -0.05) is 29.6 Å². The van der Waals surface area contributed by atoms with Crippen LogP contribution in [0, 0.1) is 10.1 Å². The first-order valence-corrected chi connectivity index (χ1v) is 7.39. The number of nitro groups is 1. The molecule has 0 spiro atoms. The Morgan fingerprint density at radius 3 is 2.65 bits per heavy atom. The number of hydrogen-bond acceptors (Lipinski definition) is 6. The highest BCUT2D eigenvalue weighted by Gasteiger charge is 2.25. The average Bonchev–Trinajstić information content (AvgIpc) is 2.85. The highest BCUT2D eigenvalue weighted by atomic mass is 32.2. The molecule has 7 heteroatoms. The van der Waals surface area contributed by atoms with Gasteiger partial charge in [0.1, 0.15) is 5.75 Å². The second-order valence-corrected chi connectivity index (χ2v) is 5.84. The van der Waals surface area contributed by atoms with Crippen LogP contribution in [0.2, 0.25) is 0 Å². The number of carbonyl (C=O) groups is 1. The van der Waals surface area contributed by atoms with Crippen LogP contribution in [0.1, 0.15) is 15.9 Å². The molecule has 1 aliphatic heterocycles. The lowest BCUT2D eigenvalue weighted by Crippen LogP contribution is -2.01. The van der Waals surface area contributed by atoms with Crippen LogP contribution >= 0.6 is 11.8 Å². The summed E-state index contributed by atoms with van der Waals surface area (Å²) in [4.78, 5) is 23.8. The number of nitro benzene ring substituents is 1. The number of Topliss-reactive ketones (excluding diaryl/α,β-unsaturated/α-hetero) is 1. The third kappa shape index (κ3) is 2.66. The number of non-ortho nitro benzene ring substituents is 1. The summed E-state index contributed by atoms with van der Waals surface area (Å²) in [5.74, 6) is -0.815. The maximum Gasteiger partial charge on any atom is 0.273 e. The van der Waals surface area contributed by atoms with Crippen LogP contribution in [-0.4, -0.2) is 17.8 Å². The van der Waals surface area contributed by atoms with Crippen LogP contribution in [0.25, 0.3) is 6.08 Å². The molecule has 2 aromatic rings. The maximum atomic E-state index is 12.3. The van der Waals surface area contributed by atoms with Gasteiger partial charge in [-0.05, 0) is 23.8 Å². The Labute approximate surface area is 135 Å². The molecular weight excluding hydrogens is 318 g/mol. The molecule has 0 fully saturated rings. The molecule has 1 heterocycles. The second-order valence-electron chi connectivity index (χ2n) is 4.76. The Hall–Kier alpha value is -2.80. The standard InChI is InChI=1S/C16H11NO5S/c1-22-12-8-10(17(20)21)6-9(15(12)18)7-14-16(19)11-4-2-3-5-13(11)23-14/h2-8,18H,1H3/p-1/b14-7-. The van der Waals surface area contributed by atoms with Gasteiger partial charge >= 0.3 is 0 Å². The van der Waals surface area contributed by atoms with Crippen molar-refractivity contribution in [2.24, 2.45) is 0 Å². The Bertz CT molecular complexity index is 860. The van der Waals surface area contributed by atoms with Gasteiger partial charge in [0.15, 0.2) is 0 Å². The molecule has 0 amide bonds. The fourth-order valence-electron chi connectivity index (χ4n) is 2.25. The van der Waals surface area contributed by atoms with Crippen LogP contribution in [0.4, 0.5) is 5.69 Å². The van der Waals surface area contributed by atoms with Crippen molar-refractivity contribution in [3.8, 4) is 11.5 Å². The number of nitrogens with zero attached hydrogens (tertiary/aromatic N) is 1.